The fraction of sp³-hybridized carbons (Fsp3) is 0.250. The maximum Gasteiger partial charge on any atom is 0.193 e. The Bertz CT molecular complexity index is 534. The van der Waals surface area contributed by atoms with Crippen LogP contribution in [0.25, 0.3) is 0 Å². The highest BCUT2D eigenvalue weighted by Crippen LogP contribution is 2.29. The summed E-state index contributed by atoms with van der Waals surface area (Å²) >= 11 is 7.50. The number of para-hydroxylation sites is 1. The van der Waals surface area contributed by atoms with Crippen LogP contribution in [-0.2, 0) is 4.79 Å². The lowest BCUT2D eigenvalue weighted by Gasteiger charge is -2.18. The minimum atomic E-state index is 0.0293. The van der Waals surface area contributed by atoms with E-state index < -0.39 is 0 Å². The Morgan fingerprint density at radius 2 is 2.28 bits per heavy atom. The summed E-state index contributed by atoms with van der Waals surface area (Å²) in [5.74, 6) is 0.0293. The fourth-order valence-electron chi connectivity index (χ4n) is 1.38. The molecule has 94 valence electrons. The van der Waals surface area contributed by atoms with Gasteiger partial charge < -0.3 is 5.32 Å². The van der Waals surface area contributed by atoms with Crippen molar-refractivity contribution in [2.75, 3.05) is 11.9 Å². The number of halogens is 1. The Kier molecular flexibility index (Phi) is 4.04. The smallest absolute Gasteiger partial charge is 0.193 e. The van der Waals surface area contributed by atoms with E-state index >= 15 is 0 Å². The van der Waals surface area contributed by atoms with Gasteiger partial charge in [-0.2, -0.15) is 4.99 Å². The lowest BCUT2D eigenvalue weighted by molar-refractivity contribution is -0.115. The lowest BCUT2D eigenvalue weighted by atomic mass is 10.2. The second-order valence-electron chi connectivity index (χ2n) is 3.88. The third-order valence-corrected chi connectivity index (χ3v) is 3.38. The molecule has 0 amide bonds. The summed E-state index contributed by atoms with van der Waals surface area (Å²) in [5, 5.41) is 5.17. The van der Waals surface area contributed by atoms with Crippen molar-refractivity contribution in [3.8, 4) is 0 Å². The zero-order chi connectivity index (χ0) is 13.1. The fourth-order valence-corrected chi connectivity index (χ4v) is 2.24. The van der Waals surface area contributed by atoms with Gasteiger partial charge in [0.1, 0.15) is 6.54 Å². The van der Waals surface area contributed by atoms with Crippen LogP contribution in [0.2, 0.25) is 5.02 Å². The van der Waals surface area contributed by atoms with Crippen LogP contribution in [0.1, 0.15) is 12.5 Å². The molecule has 2 rings (SSSR count). The van der Waals surface area contributed by atoms with E-state index in [1.54, 1.807) is 0 Å². The first-order chi connectivity index (χ1) is 8.56. The van der Waals surface area contributed by atoms with Crippen molar-refractivity contribution >= 4 is 45.2 Å². The van der Waals surface area contributed by atoms with Crippen molar-refractivity contribution in [2.24, 2.45) is 9.98 Å². The van der Waals surface area contributed by atoms with Crippen LogP contribution >= 0.6 is 23.4 Å². The quantitative estimate of drug-likeness (QED) is 0.926. The molecule has 4 nitrogen and oxygen atoms in total. The molecule has 0 radical (unpaired) electrons. The van der Waals surface area contributed by atoms with Gasteiger partial charge in [0, 0.05) is 0 Å². The standard InChI is InChI=1S/C12H12ClN3OS/c1-7-4-3-5-9(13)10(7)15-12-16-11(18-12)14-6-8(2)17/h3-5H,6H2,1-2H3,(H,14,15,16). The first-order valence-electron chi connectivity index (χ1n) is 5.39. The van der Waals surface area contributed by atoms with Crippen molar-refractivity contribution in [3.63, 3.8) is 0 Å². The van der Waals surface area contributed by atoms with Gasteiger partial charge in [0.05, 0.1) is 10.7 Å². The first kappa shape index (κ1) is 13.1. The van der Waals surface area contributed by atoms with Crippen molar-refractivity contribution in [1.82, 2.24) is 0 Å². The zero-order valence-corrected chi connectivity index (χ0v) is 11.6. The zero-order valence-electron chi connectivity index (χ0n) is 10.0. The third-order valence-electron chi connectivity index (χ3n) is 2.28. The topological polar surface area (TPSA) is 53.8 Å². The van der Waals surface area contributed by atoms with Gasteiger partial charge in [-0.05, 0) is 37.2 Å². The molecule has 1 aliphatic heterocycles. The van der Waals surface area contributed by atoms with Crippen LogP contribution < -0.4 is 5.32 Å². The van der Waals surface area contributed by atoms with E-state index in [1.165, 1.54) is 18.7 Å². The number of anilines is 1. The van der Waals surface area contributed by atoms with Crippen molar-refractivity contribution in [3.05, 3.63) is 28.8 Å². The SMILES string of the molecule is CC(=O)CN=C1N=C(Nc2c(C)cccc2Cl)S1. The number of hydrogen-bond acceptors (Lipinski definition) is 4. The molecule has 0 fully saturated rings. The molecular formula is C12H12ClN3OS. The summed E-state index contributed by atoms with van der Waals surface area (Å²) in [7, 11) is 0. The van der Waals surface area contributed by atoms with Gasteiger partial charge in [-0.25, -0.2) is 0 Å². The number of carbonyl (C=O) groups is 1. The minimum absolute atomic E-state index is 0.0293. The Morgan fingerprint density at radius 1 is 1.56 bits per heavy atom. The summed E-state index contributed by atoms with van der Waals surface area (Å²) in [6.07, 6.45) is 0. The maximum atomic E-state index is 10.8. The van der Waals surface area contributed by atoms with Gasteiger partial charge in [0.15, 0.2) is 16.1 Å². The summed E-state index contributed by atoms with van der Waals surface area (Å²) in [5.41, 5.74) is 1.91. The molecule has 1 aromatic rings. The maximum absolute atomic E-state index is 10.8. The van der Waals surface area contributed by atoms with E-state index in [-0.39, 0.29) is 12.3 Å². The molecular weight excluding hydrogens is 270 g/mol. The molecule has 0 atom stereocenters. The number of aliphatic imine (C=N–C) groups is 2. The van der Waals surface area contributed by atoms with Crippen LogP contribution in [-0.4, -0.2) is 22.7 Å². The average Bonchev–Trinajstić information content (AvgIpc) is 2.24. The highest BCUT2D eigenvalue weighted by atomic mass is 35.5. The number of amidine groups is 2. The van der Waals surface area contributed by atoms with Gasteiger partial charge in [-0.15, -0.1) is 0 Å². The molecule has 1 aliphatic rings. The van der Waals surface area contributed by atoms with Gasteiger partial charge in [0.2, 0.25) is 0 Å². The predicted molar refractivity (Wildman–Crippen MR) is 77.8 cm³/mol. The number of carbonyl (C=O) groups excluding carboxylic acids is 1. The number of benzene rings is 1. The molecule has 1 heterocycles. The number of ketones is 1. The molecule has 18 heavy (non-hydrogen) atoms. The molecule has 0 aromatic heterocycles. The molecule has 0 aliphatic carbocycles. The van der Waals surface area contributed by atoms with Crippen molar-refractivity contribution < 1.29 is 4.79 Å². The Balaban J connectivity index is 2.03. The van der Waals surface area contributed by atoms with Crippen LogP contribution in [0.15, 0.2) is 28.2 Å². The number of aryl methyl sites for hydroxylation is 1. The van der Waals surface area contributed by atoms with E-state index in [9.17, 15) is 4.79 Å². The first-order valence-corrected chi connectivity index (χ1v) is 6.58. The van der Waals surface area contributed by atoms with Gasteiger partial charge >= 0.3 is 0 Å². The average molecular weight is 282 g/mol. The molecule has 1 aromatic carbocycles. The number of nitrogens with zero attached hydrogens (tertiary/aromatic N) is 2. The number of rotatable bonds is 3. The monoisotopic (exact) mass is 281 g/mol. The molecule has 0 saturated carbocycles. The number of nitrogens with one attached hydrogen (secondary N) is 1. The Labute approximate surface area is 115 Å². The molecule has 6 heteroatoms. The summed E-state index contributed by atoms with van der Waals surface area (Å²) in [6, 6.07) is 5.70. The van der Waals surface area contributed by atoms with Crippen molar-refractivity contribution in [2.45, 2.75) is 13.8 Å². The summed E-state index contributed by atoms with van der Waals surface area (Å²) < 4.78 is 0. The predicted octanol–water partition coefficient (Wildman–Crippen LogP) is 3.11. The third kappa shape index (κ3) is 3.11. The van der Waals surface area contributed by atoms with E-state index in [2.05, 4.69) is 15.3 Å². The van der Waals surface area contributed by atoms with Crippen LogP contribution in [0.4, 0.5) is 5.69 Å². The van der Waals surface area contributed by atoms with E-state index in [0.717, 1.165) is 16.4 Å². The second-order valence-corrected chi connectivity index (χ2v) is 5.24. The van der Waals surface area contributed by atoms with Crippen LogP contribution in [0, 0.1) is 6.92 Å². The minimum Gasteiger partial charge on any atom is -0.333 e. The molecule has 0 bridgehead atoms. The molecule has 0 spiro atoms. The van der Waals surface area contributed by atoms with Gasteiger partial charge in [-0.1, -0.05) is 23.7 Å². The highest BCUT2D eigenvalue weighted by Gasteiger charge is 2.19. The number of thioether (sulfide) groups is 1. The number of Topliss-reactive ketones (excluding diaryl/α,β-unsaturated/α-hetero) is 1. The van der Waals surface area contributed by atoms with Crippen molar-refractivity contribution in [1.29, 1.82) is 0 Å². The van der Waals surface area contributed by atoms with Gasteiger partial charge in [0.25, 0.3) is 0 Å². The Morgan fingerprint density at radius 3 is 2.89 bits per heavy atom. The molecule has 1 N–H and O–H groups in total. The second kappa shape index (κ2) is 5.54. The molecule has 0 unspecified atom stereocenters. The molecule has 0 saturated heterocycles. The van der Waals surface area contributed by atoms with Gasteiger partial charge in [-0.3, -0.25) is 9.79 Å². The van der Waals surface area contributed by atoms with E-state index in [4.69, 9.17) is 11.6 Å². The summed E-state index contributed by atoms with van der Waals surface area (Å²) in [6.45, 7) is 3.66. The van der Waals surface area contributed by atoms with Crippen LogP contribution in [0.5, 0.6) is 0 Å². The highest BCUT2D eigenvalue weighted by molar-refractivity contribution is 8.29. The van der Waals surface area contributed by atoms with Crippen LogP contribution in [0.3, 0.4) is 0 Å². The lowest BCUT2D eigenvalue weighted by Crippen LogP contribution is -2.21. The van der Waals surface area contributed by atoms with E-state index in [1.807, 2.05) is 25.1 Å². The normalized spacial score (nSPS) is 16.2. The number of hydrogen-bond donors (Lipinski definition) is 1. The van der Waals surface area contributed by atoms with E-state index in [0.29, 0.717) is 10.2 Å². The largest absolute Gasteiger partial charge is 0.333 e. The Hall–Kier alpha value is -1.33. The summed E-state index contributed by atoms with van der Waals surface area (Å²) in [4.78, 5) is 19.0.